The molecular weight excluding hydrogens is 368 g/mol. The monoisotopic (exact) mass is 380 g/mol. The number of rotatable bonds is 3. The smallest absolute Gasteiger partial charge is 0.253 e. The van der Waals surface area contributed by atoms with E-state index in [-0.39, 0.29) is 0 Å². The van der Waals surface area contributed by atoms with Crippen LogP contribution in [-0.2, 0) is 0 Å². The van der Waals surface area contributed by atoms with Crippen molar-refractivity contribution in [2.45, 2.75) is 6.92 Å². The number of anilines is 2. The molecule has 0 spiro atoms. The lowest BCUT2D eigenvalue weighted by Gasteiger charge is -2.06. The number of aromatic amines is 1. The second-order valence-electron chi connectivity index (χ2n) is 5.94. The van der Waals surface area contributed by atoms with Gasteiger partial charge in [-0.1, -0.05) is 17.7 Å². The van der Waals surface area contributed by atoms with Gasteiger partial charge in [-0.3, -0.25) is 5.10 Å². The number of benzene rings is 2. The highest BCUT2D eigenvalue weighted by molar-refractivity contribution is 7.13. The highest BCUT2D eigenvalue weighted by atomic mass is 35.5. The van der Waals surface area contributed by atoms with Crippen LogP contribution in [0.15, 0.2) is 48.0 Å². The minimum atomic E-state index is 0.610. The summed E-state index contributed by atoms with van der Waals surface area (Å²) in [6, 6.07) is 11.8. The second-order valence-corrected chi connectivity index (χ2v) is 7.28. The molecule has 6 nitrogen and oxygen atoms in total. The number of imidazole rings is 1. The Labute approximate surface area is 157 Å². The molecule has 2 aromatic carbocycles. The minimum absolute atomic E-state index is 0.610. The third-order valence-electron chi connectivity index (χ3n) is 4.20. The summed E-state index contributed by atoms with van der Waals surface area (Å²) in [5.74, 6) is 1.22. The molecule has 0 bridgehead atoms. The average molecular weight is 381 g/mol. The lowest BCUT2D eigenvalue weighted by atomic mass is 10.2. The van der Waals surface area contributed by atoms with E-state index >= 15 is 0 Å². The molecule has 26 heavy (non-hydrogen) atoms. The standard InChI is InChI=1S/C18H13ClN6S/c1-10-2-4-12(19)9-13(10)21-17-23-18-22-14-8-11(16-20-6-7-26-16)3-5-15(14)25(18)24-17/h2-9H,1H3,(H2,21,22,23,24). The molecule has 128 valence electrons. The van der Waals surface area contributed by atoms with Crippen LogP contribution in [-0.4, -0.2) is 24.6 Å². The third-order valence-corrected chi connectivity index (χ3v) is 5.26. The number of hydrogen-bond acceptors (Lipinski definition) is 5. The molecule has 0 radical (unpaired) electrons. The van der Waals surface area contributed by atoms with E-state index in [2.05, 4.69) is 25.4 Å². The van der Waals surface area contributed by atoms with Crippen molar-refractivity contribution in [1.82, 2.24) is 24.6 Å². The summed E-state index contributed by atoms with van der Waals surface area (Å²) < 4.78 is 1.86. The summed E-state index contributed by atoms with van der Waals surface area (Å²) in [5, 5.41) is 10.1. The van der Waals surface area contributed by atoms with Gasteiger partial charge in [0.15, 0.2) is 0 Å². The molecule has 0 saturated heterocycles. The molecule has 0 aliphatic heterocycles. The maximum atomic E-state index is 6.08. The zero-order valence-electron chi connectivity index (χ0n) is 13.7. The van der Waals surface area contributed by atoms with E-state index in [0.29, 0.717) is 16.7 Å². The largest absolute Gasteiger partial charge is 0.324 e. The fourth-order valence-electron chi connectivity index (χ4n) is 2.90. The number of nitrogens with one attached hydrogen (secondary N) is 2. The van der Waals surface area contributed by atoms with Crippen molar-refractivity contribution in [3.63, 3.8) is 0 Å². The predicted molar refractivity (Wildman–Crippen MR) is 105 cm³/mol. The van der Waals surface area contributed by atoms with E-state index in [1.54, 1.807) is 17.5 Å². The number of hydrogen-bond donors (Lipinski definition) is 2. The van der Waals surface area contributed by atoms with Gasteiger partial charge in [-0.15, -0.1) is 11.3 Å². The first-order valence-electron chi connectivity index (χ1n) is 7.99. The molecular formula is C18H13ClN6S. The normalized spacial score (nSPS) is 11.5. The van der Waals surface area contributed by atoms with Gasteiger partial charge in [-0.25, -0.2) is 14.5 Å². The molecule has 0 aliphatic carbocycles. The van der Waals surface area contributed by atoms with Crippen LogP contribution in [0, 0.1) is 6.92 Å². The van der Waals surface area contributed by atoms with Gasteiger partial charge in [-0.2, -0.15) is 4.98 Å². The van der Waals surface area contributed by atoms with Gasteiger partial charge in [0.2, 0.25) is 5.95 Å². The molecule has 0 saturated carbocycles. The number of aromatic nitrogens is 5. The molecule has 3 aromatic heterocycles. The van der Waals surface area contributed by atoms with Crippen molar-refractivity contribution in [2.75, 3.05) is 5.32 Å². The van der Waals surface area contributed by atoms with Gasteiger partial charge < -0.3 is 5.32 Å². The van der Waals surface area contributed by atoms with Crippen LogP contribution < -0.4 is 5.32 Å². The van der Waals surface area contributed by atoms with Gasteiger partial charge in [0.25, 0.3) is 5.78 Å². The topological polar surface area (TPSA) is 70.9 Å². The van der Waals surface area contributed by atoms with E-state index in [9.17, 15) is 0 Å². The number of halogens is 1. The van der Waals surface area contributed by atoms with Crippen LogP contribution in [0.3, 0.4) is 0 Å². The van der Waals surface area contributed by atoms with Crippen molar-refractivity contribution in [3.05, 3.63) is 58.6 Å². The maximum absolute atomic E-state index is 6.08. The molecule has 5 aromatic rings. The van der Waals surface area contributed by atoms with Crippen molar-refractivity contribution >= 4 is 51.4 Å². The van der Waals surface area contributed by atoms with Gasteiger partial charge >= 0.3 is 0 Å². The van der Waals surface area contributed by atoms with Gasteiger partial charge in [0, 0.05) is 27.9 Å². The highest BCUT2D eigenvalue weighted by Crippen LogP contribution is 2.27. The van der Waals surface area contributed by atoms with Gasteiger partial charge in [-0.05, 0) is 42.8 Å². The molecule has 2 N–H and O–H groups in total. The van der Waals surface area contributed by atoms with Crippen LogP contribution in [0.2, 0.25) is 5.02 Å². The fourth-order valence-corrected chi connectivity index (χ4v) is 3.70. The number of H-pyrrole nitrogens is 1. The minimum Gasteiger partial charge on any atom is -0.324 e. The summed E-state index contributed by atoms with van der Waals surface area (Å²) in [6.45, 7) is 2.02. The molecule has 0 atom stereocenters. The molecule has 3 heterocycles. The Kier molecular flexibility index (Phi) is 3.44. The Bertz CT molecular complexity index is 1240. The quantitative estimate of drug-likeness (QED) is 0.460. The molecule has 0 amide bonds. The Hall–Kier alpha value is -2.90. The van der Waals surface area contributed by atoms with E-state index in [0.717, 1.165) is 32.9 Å². The van der Waals surface area contributed by atoms with Crippen LogP contribution in [0.1, 0.15) is 5.56 Å². The average Bonchev–Trinajstić information content (AvgIpc) is 3.33. The molecule has 0 unspecified atom stereocenters. The Morgan fingerprint density at radius 3 is 2.92 bits per heavy atom. The van der Waals surface area contributed by atoms with Crippen molar-refractivity contribution in [2.24, 2.45) is 0 Å². The summed E-state index contributed by atoms with van der Waals surface area (Å²) in [5.41, 5.74) is 4.89. The number of fused-ring (bicyclic) bond motifs is 3. The molecule has 5 rings (SSSR count). The van der Waals surface area contributed by atoms with Crippen molar-refractivity contribution in [3.8, 4) is 10.6 Å². The highest BCUT2D eigenvalue weighted by Gasteiger charge is 2.12. The second kappa shape index (κ2) is 5.82. The Balaban J connectivity index is 1.55. The SMILES string of the molecule is Cc1ccc(Cl)cc1Nc1nc2nc3cc(-c4nccs4)ccc3n2[nH]1. The zero-order chi connectivity index (χ0) is 17.7. The summed E-state index contributed by atoms with van der Waals surface area (Å²) in [6.07, 6.45) is 1.80. The van der Waals surface area contributed by atoms with Crippen LogP contribution in [0.25, 0.3) is 27.4 Å². The number of aryl methyl sites for hydroxylation is 1. The summed E-state index contributed by atoms with van der Waals surface area (Å²) in [4.78, 5) is 13.5. The molecule has 0 fully saturated rings. The lowest BCUT2D eigenvalue weighted by Crippen LogP contribution is -1.96. The van der Waals surface area contributed by atoms with E-state index in [4.69, 9.17) is 11.6 Å². The molecule has 8 heteroatoms. The van der Waals surface area contributed by atoms with E-state index < -0.39 is 0 Å². The first kappa shape index (κ1) is 15.4. The first-order chi connectivity index (χ1) is 12.7. The van der Waals surface area contributed by atoms with Crippen LogP contribution in [0.4, 0.5) is 11.6 Å². The molecule has 0 aliphatic rings. The Morgan fingerprint density at radius 2 is 2.08 bits per heavy atom. The summed E-state index contributed by atoms with van der Waals surface area (Å²) >= 11 is 7.69. The first-order valence-corrected chi connectivity index (χ1v) is 9.24. The van der Waals surface area contributed by atoms with Crippen molar-refractivity contribution in [1.29, 1.82) is 0 Å². The van der Waals surface area contributed by atoms with Crippen LogP contribution in [0.5, 0.6) is 0 Å². The lowest BCUT2D eigenvalue weighted by molar-refractivity contribution is 1.01. The Morgan fingerprint density at radius 1 is 1.15 bits per heavy atom. The van der Waals surface area contributed by atoms with Crippen molar-refractivity contribution < 1.29 is 0 Å². The van der Waals surface area contributed by atoms with Crippen LogP contribution >= 0.6 is 22.9 Å². The number of thiazole rings is 1. The number of nitrogens with zero attached hydrogens (tertiary/aromatic N) is 4. The zero-order valence-corrected chi connectivity index (χ0v) is 15.3. The maximum Gasteiger partial charge on any atom is 0.253 e. The fraction of sp³-hybridized carbons (Fsp3) is 0.0556. The van der Waals surface area contributed by atoms with Gasteiger partial charge in [0.1, 0.15) is 5.01 Å². The van der Waals surface area contributed by atoms with E-state index in [1.165, 1.54) is 0 Å². The van der Waals surface area contributed by atoms with E-state index in [1.807, 2.05) is 53.2 Å². The third kappa shape index (κ3) is 2.53. The summed E-state index contributed by atoms with van der Waals surface area (Å²) in [7, 11) is 0. The predicted octanol–water partition coefficient (Wildman–Crippen LogP) is 5.04. The van der Waals surface area contributed by atoms with Gasteiger partial charge in [0.05, 0.1) is 11.0 Å².